The molecule has 0 saturated heterocycles. The molecule has 1 heterocycles. The quantitative estimate of drug-likeness (QED) is 0.766. The molecule has 1 aliphatic rings. The highest BCUT2D eigenvalue weighted by Crippen LogP contribution is 2.39. The molecule has 4 rings (SSSR count). The second-order valence-electron chi connectivity index (χ2n) is 6.17. The maximum absolute atomic E-state index is 13.2. The van der Waals surface area contributed by atoms with Crippen molar-refractivity contribution in [1.29, 1.82) is 0 Å². The number of aromatic nitrogens is 2. The first kappa shape index (κ1) is 15.5. The van der Waals surface area contributed by atoms with Crippen LogP contribution in [0.3, 0.4) is 0 Å². The van der Waals surface area contributed by atoms with Crippen LogP contribution < -0.4 is 5.32 Å². The molecule has 3 aromatic rings. The van der Waals surface area contributed by atoms with E-state index in [1.165, 1.54) is 12.1 Å². The van der Waals surface area contributed by atoms with Crippen LogP contribution in [0.2, 0.25) is 0 Å². The number of benzene rings is 2. The number of nitrogens with zero attached hydrogens (tertiary/aromatic N) is 2. The van der Waals surface area contributed by atoms with Gasteiger partial charge in [-0.3, -0.25) is 4.79 Å². The number of nitrogens with one attached hydrogen (secondary N) is 1. The maximum Gasteiger partial charge on any atom is 0.230 e. The second-order valence-corrected chi connectivity index (χ2v) is 6.17. The number of rotatable bonds is 5. The minimum absolute atomic E-state index is 0.107. The van der Waals surface area contributed by atoms with Crippen LogP contribution in [0.5, 0.6) is 0 Å². The number of amides is 1. The summed E-state index contributed by atoms with van der Waals surface area (Å²) in [6.45, 7) is 0. The standard InChI is InChI=1S/C19H16FN3O2/c20-15-5-1-3-12(9-15)10-17(24)21-16-6-2-4-14(11-16)18-22-19(25-23-18)13-7-8-13/h1-6,9,11,13H,7-8,10H2,(H,21,24). The van der Waals surface area contributed by atoms with E-state index >= 15 is 0 Å². The molecular weight excluding hydrogens is 321 g/mol. The van der Waals surface area contributed by atoms with Gasteiger partial charge in [0.1, 0.15) is 5.82 Å². The first-order chi connectivity index (χ1) is 12.2. The average molecular weight is 337 g/mol. The highest BCUT2D eigenvalue weighted by molar-refractivity contribution is 5.92. The Hall–Kier alpha value is -3.02. The van der Waals surface area contributed by atoms with Crippen molar-refractivity contribution in [3.05, 3.63) is 65.8 Å². The van der Waals surface area contributed by atoms with E-state index in [9.17, 15) is 9.18 Å². The highest BCUT2D eigenvalue weighted by atomic mass is 19.1. The molecule has 1 saturated carbocycles. The summed E-state index contributed by atoms with van der Waals surface area (Å²) in [5, 5.41) is 6.82. The van der Waals surface area contributed by atoms with Gasteiger partial charge < -0.3 is 9.84 Å². The number of carbonyl (C=O) groups is 1. The predicted molar refractivity (Wildman–Crippen MR) is 90.4 cm³/mol. The van der Waals surface area contributed by atoms with Crippen LogP contribution in [-0.2, 0) is 11.2 Å². The summed E-state index contributed by atoms with van der Waals surface area (Å²) in [7, 11) is 0. The van der Waals surface area contributed by atoms with Crippen LogP contribution in [0.4, 0.5) is 10.1 Å². The molecule has 0 bridgehead atoms. The lowest BCUT2D eigenvalue weighted by atomic mass is 10.1. The van der Waals surface area contributed by atoms with Gasteiger partial charge in [0.05, 0.1) is 6.42 Å². The minimum atomic E-state index is -0.351. The molecule has 126 valence electrons. The summed E-state index contributed by atoms with van der Waals surface area (Å²) >= 11 is 0. The number of halogens is 1. The third-order valence-corrected chi connectivity index (χ3v) is 4.03. The first-order valence-corrected chi connectivity index (χ1v) is 8.16. The lowest BCUT2D eigenvalue weighted by molar-refractivity contribution is -0.115. The zero-order valence-electron chi connectivity index (χ0n) is 13.4. The molecule has 6 heteroatoms. The summed E-state index contributed by atoms with van der Waals surface area (Å²) in [6.07, 6.45) is 2.30. The number of anilines is 1. The Morgan fingerprint density at radius 1 is 1.20 bits per heavy atom. The fourth-order valence-corrected chi connectivity index (χ4v) is 2.62. The molecule has 25 heavy (non-hydrogen) atoms. The van der Waals surface area contributed by atoms with Crippen LogP contribution in [-0.4, -0.2) is 16.0 Å². The fraction of sp³-hybridized carbons (Fsp3) is 0.211. The number of hydrogen-bond donors (Lipinski definition) is 1. The molecule has 0 atom stereocenters. The molecule has 0 spiro atoms. The number of carbonyl (C=O) groups excluding carboxylic acids is 1. The van der Waals surface area contributed by atoms with E-state index in [0.717, 1.165) is 18.4 Å². The molecule has 0 unspecified atom stereocenters. The van der Waals surface area contributed by atoms with Crippen LogP contribution in [0, 0.1) is 5.82 Å². The largest absolute Gasteiger partial charge is 0.339 e. The van der Waals surface area contributed by atoms with Gasteiger partial charge in [0, 0.05) is 17.2 Å². The lowest BCUT2D eigenvalue weighted by Gasteiger charge is -2.06. The van der Waals surface area contributed by atoms with Gasteiger partial charge in [-0.25, -0.2) is 4.39 Å². The molecule has 1 aromatic heterocycles. The second kappa shape index (κ2) is 6.47. The van der Waals surface area contributed by atoms with E-state index in [4.69, 9.17) is 4.52 Å². The van der Waals surface area contributed by atoms with E-state index in [-0.39, 0.29) is 18.1 Å². The van der Waals surface area contributed by atoms with Crippen molar-refractivity contribution in [1.82, 2.24) is 10.1 Å². The van der Waals surface area contributed by atoms with Crippen LogP contribution in [0.15, 0.2) is 53.1 Å². The van der Waals surface area contributed by atoms with E-state index < -0.39 is 0 Å². The highest BCUT2D eigenvalue weighted by Gasteiger charge is 2.29. The van der Waals surface area contributed by atoms with E-state index in [1.807, 2.05) is 12.1 Å². The third-order valence-electron chi connectivity index (χ3n) is 4.03. The summed E-state index contributed by atoms with van der Waals surface area (Å²) in [5.41, 5.74) is 2.04. The molecule has 1 amide bonds. The average Bonchev–Trinajstić information content (AvgIpc) is 3.32. The van der Waals surface area contributed by atoms with Gasteiger partial charge in [-0.05, 0) is 42.7 Å². The SMILES string of the molecule is O=C(Cc1cccc(F)c1)Nc1cccc(-c2noc(C3CC3)n2)c1. The van der Waals surface area contributed by atoms with Crippen molar-refractivity contribution in [2.24, 2.45) is 0 Å². The molecule has 0 radical (unpaired) electrons. The Kier molecular flexibility index (Phi) is 4.01. The van der Waals surface area contributed by atoms with Crippen LogP contribution in [0.1, 0.15) is 30.2 Å². The van der Waals surface area contributed by atoms with Crippen LogP contribution >= 0.6 is 0 Å². The third kappa shape index (κ3) is 3.74. The monoisotopic (exact) mass is 337 g/mol. The zero-order valence-corrected chi connectivity index (χ0v) is 13.4. The van der Waals surface area contributed by atoms with Crippen molar-refractivity contribution >= 4 is 11.6 Å². The van der Waals surface area contributed by atoms with E-state index in [2.05, 4.69) is 15.5 Å². The van der Waals surface area contributed by atoms with Crippen molar-refractivity contribution < 1.29 is 13.7 Å². The Balaban J connectivity index is 1.46. The summed E-state index contributed by atoms with van der Waals surface area (Å²) in [6, 6.07) is 13.3. The summed E-state index contributed by atoms with van der Waals surface area (Å²) < 4.78 is 18.5. The van der Waals surface area contributed by atoms with E-state index in [1.54, 1.807) is 24.3 Å². The fourth-order valence-electron chi connectivity index (χ4n) is 2.62. The molecule has 1 aliphatic carbocycles. The summed E-state index contributed by atoms with van der Waals surface area (Å²) in [5.74, 6) is 1.03. The van der Waals surface area contributed by atoms with Gasteiger partial charge in [0.2, 0.25) is 17.6 Å². The molecular formula is C19H16FN3O2. The number of hydrogen-bond acceptors (Lipinski definition) is 4. The van der Waals surface area contributed by atoms with E-state index in [0.29, 0.717) is 28.9 Å². The Labute approximate surface area is 143 Å². The van der Waals surface area contributed by atoms with Gasteiger partial charge in [-0.2, -0.15) is 4.98 Å². The predicted octanol–water partition coefficient (Wildman–Crippen LogP) is 3.93. The minimum Gasteiger partial charge on any atom is -0.339 e. The Morgan fingerprint density at radius 3 is 2.84 bits per heavy atom. The van der Waals surface area contributed by atoms with Crippen LogP contribution in [0.25, 0.3) is 11.4 Å². The molecule has 2 aromatic carbocycles. The van der Waals surface area contributed by atoms with Gasteiger partial charge in [-0.15, -0.1) is 0 Å². The Morgan fingerprint density at radius 2 is 2.04 bits per heavy atom. The Bertz CT molecular complexity index is 918. The van der Waals surface area contributed by atoms with Gasteiger partial charge in [0.25, 0.3) is 0 Å². The molecule has 1 fully saturated rings. The summed E-state index contributed by atoms with van der Waals surface area (Å²) in [4.78, 5) is 16.6. The van der Waals surface area contributed by atoms with Crippen molar-refractivity contribution in [2.45, 2.75) is 25.2 Å². The van der Waals surface area contributed by atoms with Gasteiger partial charge in [-0.1, -0.05) is 29.4 Å². The normalized spacial score (nSPS) is 13.6. The molecule has 5 nitrogen and oxygen atoms in total. The molecule has 1 N–H and O–H groups in total. The smallest absolute Gasteiger partial charge is 0.230 e. The first-order valence-electron chi connectivity index (χ1n) is 8.16. The molecule has 0 aliphatic heterocycles. The van der Waals surface area contributed by atoms with Crippen molar-refractivity contribution in [2.75, 3.05) is 5.32 Å². The van der Waals surface area contributed by atoms with Crippen molar-refractivity contribution in [3.8, 4) is 11.4 Å². The lowest BCUT2D eigenvalue weighted by Crippen LogP contribution is -2.14. The topological polar surface area (TPSA) is 68.0 Å². The van der Waals surface area contributed by atoms with Gasteiger partial charge >= 0.3 is 0 Å². The van der Waals surface area contributed by atoms with Gasteiger partial charge in [0.15, 0.2) is 0 Å². The van der Waals surface area contributed by atoms with Crippen molar-refractivity contribution in [3.63, 3.8) is 0 Å². The zero-order chi connectivity index (χ0) is 17.2. The maximum atomic E-state index is 13.2.